The summed E-state index contributed by atoms with van der Waals surface area (Å²) in [4.78, 5) is 0. The summed E-state index contributed by atoms with van der Waals surface area (Å²) in [6.07, 6.45) is 14.0. The molecule has 0 saturated heterocycles. The first-order chi connectivity index (χ1) is 4.00. The first-order valence-electron chi connectivity index (χ1n) is 3.30. The van der Waals surface area contributed by atoms with Crippen molar-refractivity contribution in [3.8, 4) is 0 Å². The largest absolute Gasteiger partial charge is 3.00 e. The van der Waals surface area contributed by atoms with Gasteiger partial charge in [0.25, 0.3) is 0 Å². The number of hydrogen-bond acceptors (Lipinski definition) is 0. The zero-order valence-electron chi connectivity index (χ0n) is 6.63. The van der Waals surface area contributed by atoms with Crippen LogP contribution in [0.4, 0.5) is 0 Å². The van der Waals surface area contributed by atoms with Gasteiger partial charge in [-0.1, -0.05) is 24.3 Å². The van der Waals surface area contributed by atoms with Gasteiger partial charge < -0.3 is 37.2 Å². The Labute approximate surface area is 106 Å². The van der Waals surface area contributed by atoms with E-state index in [0.717, 1.165) is 0 Å². The fourth-order valence-electron chi connectivity index (χ4n) is 0.856. The molecule has 0 bridgehead atoms. The van der Waals surface area contributed by atoms with Crippen LogP contribution in [0.1, 0.15) is 25.7 Å². The summed E-state index contributed by atoms with van der Waals surface area (Å²) >= 11 is 0. The number of hydrogen-bond donors (Lipinski definition) is 0. The second-order valence-electron chi connectivity index (χ2n) is 2.10. The summed E-state index contributed by atoms with van der Waals surface area (Å²) in [6.45, 7) is 0. The summed E-state index contributed by atoms with van der Waals surface area (Å²) < 4.78 is 0. The minimum Gasteiger partial charge on any atom is -1.00 e. The molecule has 0 spiro atoms. The summed E-state index contributed by atoms with van der Waals surface area (Å²) in [5, 5.41) is 0. The number of halogens is 3. The molecule has 0 atom stereocenters. The van der Waals surface area contributed by atoms with Gasteiger partial charge in [-0.25, -0.2) is 0 Å². The fourth-order valence-corrected chi connectivity index (χ4v) is 0.856. The first kappa shape index (κ1) is 23.1. The third-order valence-electron chi connectivity index (χ3n) is 1.33. The van der Waals surface area contributed by atoms with Crippen molar-refractivity contribution >= 4 is 0 Å². The second kappa shape index (κ2) is 17.9. The van der Waals surface area contributed by atoms with Crippen LogP contribution in [-0.2, 0) is 19.5 Å². The van der Waals surface area contributed by atoms with E-state index in [1.165, 1.54) is 25.7 Å². The van der Waals surface area contributed by atoms with Crippen molar-refractivity contribution in [1.29, 1.82) is 0 Å². The van der Waals surface area contributed by atoms with Gasteiger partial charge in [-0.3, -0.25) is 0 Å². The van der Waals surface area contributed by atoms with Gasteiger partial charge in [-0.15, -0.1) is 0 Å². The first-order valence-corrected chi connectivity index (χ1v) is 3.30. The Balaban J connectivity index is -0.0000000800. The van der Waals surface area contributed by atoms with E-state index in [-0.39, 0.29) is 56.7 Å². The molecule has 4 heteroatoms. The van der Waals surface area contributed by atoms with Crippen molar-refractivity contribution in [2.75, 3.05) is 0 Å². The van der Waals surface area contributed by atoms with Crippen LogP contribution in [0.5, 0.6) is 0 Å². The van der Waals surface area contributed by atoms with Crippen molar-refractivity contribution in [1.82, 2.24) is 0 Å². The van der Waals surface area contributed by atoms with Crippen molar-refractivity contribution in [3.63, 3.8) is 0 Å². The van der Waals surface area contributed by atoms with Gasteiger partial charge in [-0.2, -0.15) is 0 Å². The molecule has 0 N–H and O–H groups in total. The summed E-state index contributed by atoms with van der Waals surface area (Å²) in [6, 6.07) is 0. The Morgan fingerprint density at radius 1 is 0.500 bits per heavy atom. The normalized spacial score (nSPS) is 16.0. The molecule has 0 aromatic heterocycles. The predicted octanol–water partition coefficient (Wildman–Crippen LogP) is -6.32. The van der Waals surface area contributed by atoms with E-state index in [9.17, 15) is 0 Å². The molecular weight excluding hydrogens is 304 g/mol. The van der Waals surface area contributed by atoms with Crippen LogP contribution in [0.25, 0.3) is 0 Å². The van der Waals surface area contributed by atoms with E-state index in [1.807, 2.05) is 0 Å². The van der Waals surface area contributed by atoms with Gasteiger partial charge in [0.05, 0.1) is 0 Å². The smallest absolute Gasteiger partial charge is 1.00 e. The van der Waals surface area contributed by atoms with Crippen LogP contribution < -0.4 is 37.2 Å². The minimum absolute atomic E-state index is 0. The molecule has 0 nitrogen and oxygen atoms in total. The third-order valence-corrected chi connectivity index (χ3v) is 1.33. The van der Waals surface area contributed by atoms with Gasteiger partial charge in [0.1, 0.15) is 0 Å². The maximum Gasteiger partial charge on any atom is 3.00 e. The number of allylic oxidation sites excluding steroid dienone is 4. The van der Waals surface area contributed by atoms with Gasteiger partial charge in [0.2, 0.25) is 0 Å². The van der Waals surface area contributed by atoms with E-state index >= 15 is 0 Å². The number of rotatable bonds is 0. The quantitative estimate of drug-likeness (QED) is 0.308. The Morgan fingerprint density at radius 3 is 0.833 bits per heavy atom. The van der Waals surface area contributed by atoms with Crippen LogP contribution in [0, 0.1) is 0 Å². The Bertz CT molecular complexity index is 86.9. The summed E-state index contributed by atoms with van der Waals surface area (Å²) in [5.41, 5.74) is 0. The molecule has 1 radical (unpaired) electrons. The molecule has 0 aromatic rings. The van der Waals surface area contributed by atoms with Gasteiger partial charge in [0.15, 0.2) is 0 Å². The average Bonchev–Trinajstić information content (AvgIpc) is 1.62. The molecule has 0 aromatic carbocycles. The summed E-state index contributed by atoms with van der Waals surface area (Å²) in [7, 11) is 0. The van der Waals surface area contributed by atoms with Crippen LogP contribution >= 0.6 is 0 Å². The molecule has 0 fully saturated rings. The zero-order valence-corrected chi connectivity index (χ0v) is 10.6. The standard InChI is InChI=1S/C8H12.3ClH.Ru/c1-2-4-6-8-7-5-3-1;;;;/h1-2,7-8H,3-6H2;3*1H;/q;;;;+3/p-3/b2-1-,8-7?;;;;. The molecule has 1 aliphatic rings. The molecular formula is C8H12Cl3Ru. The molecule has 0 amide bonds. The van der Waals surface area contributed by atoms with Crippen LogP contribution in [0.2, 0.25) is 0 Å². The minimum atomic E-state index is 0. The van der Waals surface area contributed by atoms with E-state index in [1.54, 1.807) is 0 Å². The molecule has 1 rings (SSSR count). The average molecular weight is 316 g/mol. The maximum atomic E-state index is 2.27. The topological polar surface area (TPSA) is 0 Å². The monoisotopic (exact) mass is 315 g/mol. The Morgan fingerprint density at radius 2 is 0.667 bits per heavy atom. The van der Waals surface area contributed by atoms with Gasteiger partial charge in [-0.05, 0) is 25.7 Å². The third kappa shape index (κ3) is 13.6. The molecule has 73 valence electrons. The molecule has 0 unspecified atom stereocenters. The van der Waals surface area contributed by atoms with Crippen molar-refractivity contribution in [2.24, 2.45) is 0 Å². The fraction of sp³-hybridized carbons (Fsp3) is 0.500. The van der Waals surface area contributed by atoms with Crippen LogP contribution in [0.15, 0.2) is 24.3 Å². The molecule has 0 aliphatic heterocycles. The van der Waals surface area contributed by atoms with Crippen LogP contribution in [0.3, 0.4) is 0 Å². The SMILES string of the molecule is C1=CCC/C=C\CC1.[Cl-].[Cl-].[Cl-].[Ru+3]. The molecule has 0 saturated carbocycles. The van der Waals surface area contributed by atoms with Crippen molar-refractivity contribution < 1.29 is 56.7 Å². The Kier molecular flexibility index (Phi) is 34.5. The van der Waals surface area contributed by atoms with Crippen molar-refractivity contribution in [2.45, 2.75) is 25.7 Å². The zero-order chi connectivity index (χ0) is 5.66. The molecule has 0 heterocycles. The maximum absolute atomic E-state index is 2.27. The predicted molar refractivity (Wildman–Crippen MR) is 36.7 cm³/mol. The molecule has 12 heavy (non-hydrogen) atoms. The summed E-state index contributed by atoms with van der Waals surface area (Å²) in [5.74, 6) is 0. The van der Waals surface area contributed by atoms with Crippen molar-refractivity contribution in [3.05, 3.63) is 24.3 Å². The van der Waals surface area contributed by atoms with E-state index < -0.39 is 0 Å². The van der Waals surface area contributed by atoms with E-state index in [2.05, 4.69) is 24.3 Å². The van der Waals surface area contributed by atoms with E-state index in [4.69, 9.17) is 0 Å². The van der Waals surface area contributed by atoms with Gasteiger partial charge >= 0.3 is 19.5 Å². The van der Waals surface area contributed by atoms with E-state index in [0.29, 0.717) is 0 Å². The van der Waals surface area contributed by atoms with Crippen LogP contribution in [-0.4, -0.2) is 0 Å². The van der Waals surface area contributed by atoms with Gasteiger partial charge in [0, 0.05) is 0 Å². The second-order valence-corrected chi connectivity index (χ2v) is 2.10. The Hall–Kier alpha value is 0.973. The molecule has 1 aliphatic carbocycles.